The molecule has 0 saturated carbocycles. The van der Waals surface area contributed by atoms with Crippen LogP contribution >= 0.6 is 55.1 Å². The summed E-state index contributed by atoms with van der Waals surface area (Å²) in [5.41, 5.74) is 4.43. The Morgan fingerprint density at radius 1 is 0.923 bits per heavy atom. The van der Waals surface area contributed by atoms with Crippen molar-refractivity contribution in [1.82, 2.24) is 10.9 Å². The molecule has 2 aromatic carbocycles. The molecule has 0 radical (unpaired) electrons. The molecule has 2 N–H and O–H groups in total. The van der Waals surface area contributed by atoms with Gasteiger partial charge in [0, 0.05) is 9.50 Å². The fourth-order valence-corrected chi connectivity index (χ4v) is 3.33. The summed E-state index contributed by atoms with van der Waals surface area (Å²) in [5.74, 6) is -0.289. The normalized spacial score (nSPS) is 10.2. The first-order valence-electron chi connectivity index (χ1n) is 7.08. The number of amides is 2. The molecule has 138 valence electrons. The van der Waals surface area contributed by atoms with Gasteiger partial charge in [-0.3, -0.25) is 20.4 Å². The first-order chi connectivity index (χ1) is 12.3. The molecule has 2 amide bonds. The van der Waals surface area contributed by atoms with E-state index in [1.165, 1.54) is 6.07 Å². The van der Waals surface area contributed by atoms with Gasteiger partial charge in [-0.2, -0.15) is 0 Å². The van der Waals surface area contributed by atoms with Gasteiger partial charge >= 0.3 is 0 Å². The molecule has 0 aliphatic rings. The maximum atomic E-state index is 11.7. The monoisotopic (exact) mass is 524 g/mol. The Hall–Kier alpha value is -1.48. The lowest BCUT2D eigenvalue weighted by atomic mass is 10.3. The largest absolute Gasteiger partial charge is 0.484 e. The zero-order valence-electron chi connectivity index (χ0n) is 13.0. The van der Waals surface area contributed by atoms with Crippen LogP contribution < -0.4 is 20.3 Å². The second kappa shape index (κ2) is 10.0. The van der Waals surface area contributed by atoms with Crippen LogP contribution in [0.5, 0.6) is 11.5 Å². The van der Waals surface area contributed by atoms with Crippen molar-refractivity contribution in [2.75, 3.05) is 13.2 Å². The molecule has 0 bridgehead atoms. The van der Waals surface area contributed by atoms with Crippen molar-refractivity contribution in [1.29, 1.82) is 0 Å². The minimum atomic E-state index is -0.570. The summed E-state index contributed by atoms with van der Waals surface area (Å²) >= 11 is 18.4. The van der Waals surface area contributed by atoms with Crippen LogP contribution in [0.2, 0.25) is 10.0 Å². The van der Waals surface area contributed by atoms with Crippen LogP contribution in [-0.4, -0.2) is 25.0 Å². The Labute approximate surface area is 176 Å². The summed E-state index contributed by atoms with van der Waals surface area (Å²) in [6.45, 7) is -0.606. The zero-order chi connectivity index (χ0) is 19.1. The van der Waals surface area contributed by atoms with E-state index < -0.39 is 11.8 Å². The molecule has 2 rings (SSSR count). The van der Waals surface area contributed by atoms with Crippen molar-refractivity contribution >= 4 is 66.9 Å². The number of hydrogen-bond acceptors (Lipinski definition) is 4. The summed E-state index contributed by atoms with van der Waals surface area (Å²) < 4.78 is 12.0. The number of hydrogen-bond donors (Lipinski definition) is 2. The molecule has 0 aliphatic heterocycles. The smallest absolute Gasteiger partial charge is 0.276 e. The lowest BCUT2D eigenvalue weighted by Gasteiger charge is -2.11. The molecule has 0 saturated heterocycles. The van der Waals surface area contributed by atoms with E-state index >= 15 is 0 Å². The summed E-state index contributed by atoms with van der Waals surface area (Å²) in [5, 5.41) is 0.681. The first kappa shape index (κ1) is 20.8. The predicted octanol–water partition coefficient (Wildman–Crippen LogP) is 4.12. The lowest BCUT2D eigenvalue weighted by Crippen LogP contribution is -2.45. The van der Waals surface area contributed by atoms with Crippen molar-refractivity contribution in [3.63, 3.8) is 0 Å². The average molecular weight is 527 g/mol. The number of carbonyl (C=O) groups is 2. The summed E-state index contributed by atoms with van der Waals surface area (Å²) in [6, 6.07) is 10.1. The second-order valence-corrected chi connectivity index (χ2v) is 7.44. The average Bonchev–Trinajstić information content (AvgIpc) is 2.58. The number of nitrogens with one attached hydrogen (secondary N) is 2. The van der Waals surface area contributed by atoms with E-state index in [0.29, 0.717) is 15.2 Å². The quantitative estimate of drug-likeness (QED) is 0.555. The number of ether oxygens (including phenoxy) is 2. The number of rotatable bonds is 6. The molecule has 0 aromatic heterocycles. The molecular formula is C16H12Br2Cl2N2O4. The fraction of sp³-hybridized carbons (Fsp3) is 0.125. The number of halogens is 4. The zero-order valence-corrected chi connectivity index (χ0v) is 17.7. The van der Waals surface area contributed by atoms with E-state index in [9.17, 15) is 9.59 Å². The van der Waals surface area contributed by atoms with E-state index in [0.717, 1.165) is 4.47 Å². The Balaban J connectivity index is 1.73. The van der Waals surface area contributed by atoms with Crippen molar-refractivity contribution in [2.45, 2.75) is 0 Å². The maximum Gasteiger partial charge on any atom is 0.276 e. The highest BCUT2D eigenvalue weighted by Crippen LogP contribution is 2.35. The molecule has 0 heterocycles. The first-order valence-corrected chi connectivity index (χ1v) is 9.42. The summed E-state index contributed by atoms with van der Waals surface area (Å²) in [6.07, 6.45) is 0. The van der Waals surface area contributed by atoms with Crippen LogP contribution in [0.25, 0.3) is 0 Å². The lowest BCUT2D eigenvalue weighted by molar-refractivity contribution is -0.131. The van der Waals surface area contributed by atoms with E-state index in [1.54, 1.807) is 30.3 Å². The SMILES string of the molecule is O=C(COc1ccc(Br)cc1)NNC(=O)COc1c(Cl)cc(Cl)cc1Br. The molecule has 2 aromatic rings. The highest BCUT2D eigenvalue weighted by Gasteiger charge is 2.12. The summed E-state index contributed by atoms with van der Waals surface area (Å²) in [4.78, 5) is 23.4. The Morgan fingerprint density at radius 3 is 2.08 bits per heavy atom. The van der Waals surface area contributed by atoms with Gasteiger partial charge in [-0.1, -0.05) is 39.1 Å². The minimum absolute atomic E-state index is 0.253. The molecule has 0 unspecified atom stereocenters. The highest BCUT2D eigenvalue weighted by molar-refractivity contribution is 9.10. The standard InChI is InChI=1S/C16H12Br2Cl2N2O4/c17-9-1-3-11(4-2-9)25-7-14(23)21-22-15(24)8-26-16-12(18)5-10(19)6-13(16)20/h1-6H,7-8H2,(H,21,23)(H,22,24). The van der Waals surface area contributed by atoms with Gasteiger partial charge in [0.2, 0.25) is 0 Å². The van der Waals surface area contributed by atoms with Crippen LogP contribution in [0.4, 0.5) is 0 Å². The van der Waals surface area contributed by atoms with Crippen molar-refractivity contribution in [2.24, 2.45) is 0 Å². The number of hydrazine groups is 1. The Bertz CT molecular complexity index is 780. The van der Waals surface area contributed by atoms with Crippen LogP contribution in [-0.2, 0) is 9.59 Å². The van der Waals surface area contributed by atoms with E-state index in [1.807, 2.05) is 0 Å². The van der Waals surface area contributed by atoms with Crippen molar-refractivity contribution in [3.05, 3.63) is 55.4 Å². The molecular weight excluding hydrogens is 515 g/mol. The molecule has 0 atom stereocenters. The third kappa shape index (κ3) is 6.68. The number of benzene rings is 2. The predicted molar refractivity (Wildman–Crippen MR) is 106 cm³/mol. The van der Waals surface area contributed by atoms with Crippen LogP contribution in [0.1, 0.15) is 0 Å². The fourth-order valence-electron chi connectivity index (χ4n) is 1.70. The highest BCUT2D eigenvalue weighted by atomic mass is 79.9. The molecule has 10 heteroatoms. The maximum absolute atomic E-state index is 11.7. The number of carbonyl (C=O) groups excluding carboxylic acids is 2. The van der Waals surface area contributed by atoms with E-state index in [2.05, 4.69) is 42.7 Å². The third-order valence-electron chi connectivity index (χ3n) is 2.84. The van der Waals surface area contributed by atoms with Crippen molar-refractivity contribution in [3.8, 4) is 11.5 Å². The Kier molecular flexibility index (Phi) is 8.02. The van der Waals surface area contributed by atoms with Gasteiger partial charge in [-0.25, -0.2) is 0 Å². The molecule has 0 spiro atoms. The Morgan fingerprint density at radius 2 is 1.50 bits per heavy atom. The topological polar surface area (TPSA) is 76.7 Å². The van der Waals surface area contributed by atoms with Gasteiger partial charge in [0.25, 0.3) is 11.8 Å². The summed E-state index contributed by atoms with van der Waals surface area (Å²) in [7, 11) is 0. The third-order valence-corrected chi connectivity index (χ3v) is 4.45. The van der Waals surface area contributed by atoms with Gasteiger partial charge in [-0.05, 0) is 52.3 Å². The van der Waals surface area contributed by atoms with Crippen LogP contribution in [0.15, 0.2) is 45.3 Å². The van der Waals surface area contributed by atoms with Crippen LogP contribution in [0.3, 0.4) is 0 Å². The van der Waals surface area contributed by atoms with Gasteiger partial charge in [-0.15, -0.1) is 0 Å². The molecule has 0 aliphatic carbocycles. The van der Waals surface area contributed by atoms with Gasteiger partial charge in [0.05, 0.1) is 9.50 Å². The molecule has 26 heavy (non-hydrogen) atoms. The van der Waals surface area contributed by atoms with Gasteiger partial charge in [0.15, 0.2) is 19.0 Å². The van der Waals surface area contributed by atoms with Gasteiger partial charge < -0.3 is 9.47 Å². The van der Waals surface area contributed by atoms with E-state index in [4.69, 9.17) is 32.7 Å². The second-order valence-electron chi connectivity index (χ2n) is 4.83. The minimum Gasteiger partial charge on any atom is -0.484 e. The van der Waals surface area contributed by atoms with Gasteiger partial charge in [0.1, 0.15) is 5.75 Å². The van der Waals surface area contributed by atoms with E-state index in [-0.39, 0.29) is 24.0 Å². The molecule has 6 nitrogen and oxygen atoms in total. The molecule has 0 fully saturated rings. The van der Waals surface area contributed by atoms with Crippen LogP contribution in [0, 0.1) is 0 Å². The van der Waals surface area contributed by atoms with Crippen molar-refractivity contribution < 1.29 is 19.1 Å².